The van der Waals surface area contributed by atoms with Gasteiger partial charge in [0.2, 0.25) is 0 Å². The SMILES string of the molecule is Cc1ccc(C(=O)NC(C)c2c(C)noc2C)c(O)c1. The maximum absolute atomic E-state index is 12.2. The van der Waals surface area contributed by atoms with Gasteiger partial charge in [-0.15, -0.1) is 0 Å². The van der Waals surface area contributed by atoms with Crippen LogP contribution in [0, 0.1) is 20.8 Å². The van der Waals surface area contributed by atoms with E-state index in [-0.39, 0.29) is 23.3 Å². The van der Waals surface area contributed by atoms with Gasteiger partial charge in [-0.1, -0.05) is 11.2 Å². The van der Waals surface area contributed by atoms with Crippen LogP contribution in [-0.2, 0) is 0 Å². The Kier molecular flexibility index (Phi) is 3.79. The molecule has 2 aromatic rings. The summed E-state index contributed by atoms with van der Waals surface area (Å²) in [5.74, 6) is 0.340. The summed E-state index contributed by atoms with van der Waals surface area (Å²) in [4.78, 5) is 12.2. The normalized spacial score (nSPS) is 12.2. The van der Waals surface area contributed by atoms with Gasteiger partial charge in [0, 0.05) is 5.56 Å². The first kappa shape index (κ1) is 14.1. The number of carbonyl (C=O) groups is 1. The molecule has 2 N–H and O–H groups in total. The van der Waals surface area contributed by atoms with E-state index < -0.39 is 0 Å². The number of rotatable bonds is 3. The average molecular weight is 274 g/mol. The summed E-state index contributed by atoms with van der Waals surface area (Å²) in [6, 6.07) is 4.72. The number of phenolic OH excluding ortho intramolecular Hbond substituents is 1. The number of nitrogens with one attached hydrogen (secondary N) is 1. The molecule has 0 aliphatic heterocycles. The molecule has 1 aromatic heterocycles. The van der Waals surface area contributed by atoms with Gasteiger partial charge >= 0.3 is 0 Å². The highest BCUT2D eigenvalue weighted by molar-refractivity contribution is 5.97. The van der Waals surface area contributed by atoms with Crippen molar-refractivity contribution in [3.8, 4) is 5.75 Å². The van der Waals surface area contributed by atoms with Crippen LogP contribution in [0.4, 0.5) is 0 Å². The molecule has 106 valence electrons. The lowest BCUT2D eigenvalue weighted by molar-refractivity contribution is 0.0937. The smallest absolute Gasteiger partial charge is 0.255 e. The number of benzene rings is 1. The predicted molar refractivity (Wildman–Crippen MR) is 74.7 cm³/mol. The van der Waals surface area contributed by atoms with E-state index in [1.807, 2.05) is 20.8 Å². The van der Waals surface area contributed by atoms with Gasteiger partial charge in [-0.25, -0.2) is 0 Å². The van der Waals surface area contributed by atoms with E-state index in [1.165, 1.54) is 0 Å². The Morgan fingerprint density at radius 1 is 1.35 bits per heavy atom. The first-order valence-corrected chi connectivity index (χ1v) is 6.43. The van der Waals surface area contributed by atoms with Crippen LogP contribution in [0.15, 0.2) is 22.7 Å². The van der Waals surface area contributed by atoms with Crippen LogP contribution >= 0.6 is 0 Å². The van der Waals surface area contributed by atoms with Crippen LogP contribution < -0.4 is 5.32 Å². The van der Waals surface area contributed by atoms with Crippen molar-refractivity contribution in [2.24, 2.45) is 0 Å². The zero-order chi connectivity index (χ0) is 14.9. The van der Waals surface area contributed by atoms with Gasteiger partial charge in [0.1, 0.15) is 11.5 Å². The number of carbonyl (C=O) groups excluding carboxylic acids is 1. The number of phenols is 1. The molecule has 20 heavy (non-hydrogen) atoms. The molecule has 0 aliphatic rings. The van der Waals surface area contributed by atoms with Gasteiger partial charge in [-0.3, -0.25) is 4.79 Å². The van der Waals surface area contributed by atoms with Crippen LogP contribution in [-0.4, -0.2) is 16.2 Å². The molecule has 0 spiro atoms. The minimum atomic E-state index is -0.324. The number of aromatic hydroxyl groups is 1. The van der Waals surface area contributed by atoms with E-state index in [9.17, 15) is 9.90 Å². The minimum absolute atomic E-state index is 0.0199. The molecule has 1 amide bonds. The summed E-state index contributed by atoms with van der Waals surface area (Å²) < 4.78 is 5.09. The number of aryl methyl sites for hydroxylation is 3. The number of aromatic nitrogens is 1. The molecule has 0 saturated carbocycles. The molecule has 1 unspecified atom stereocenters. The number of hydrogen-bond donors (Lipinski definition) is 2. The van der Waals surface area contributed by atoms with Crippen molar-refractivity contribution < 1.29 is 14.4 Å². The number of hydrogen-bond acceptors (Lipinski definition) is 4. The van der Waals surface area contributed by atoms with Gasteiger partial charge < -0.3 is 14.9 Å². The van der Waals surface area contributed by atoms with Crippen molar-refractivity contribution in [2.45, 2.75) is 33.7 Å². The lowest BCUT2D eigenvalue weighted by Gasteiger charge is -2.14. The van der Waals surface area contributed by atoms with E-state index >= 15 is 0 Å². The van der Waals surface area contributed by atoms with Crippen molar-refractivity contribution >= 4 is 5.91 Å². The zero-order valence-corrected chi connectivity index (χ0v) is 12.0. The van der Waals surface area contributed by atoms with Gasteiger partial charge in [0.05, 0.1) is 17.3 Å². The highest BCUT2D eigenvalue weighted by Crippen LogP contribution is 2.23. The van der Waals surface area contributed by atoms with Crippen LogP contribution in [0.3, 0.4) is 0 Å². The second-order valence-electron chi connectivity index (χ2n) is 4.95. The van der Waals surface area contributed by atoms with Crippen molar-refractivity contribution in [3.05, 3.63) is 46.3 Å². The molecule has 5 nitrogen and oxygen atoms in total. The molecule has 0 bridgehead atoms. The van der Waals surface area contributed by atoms with E-state index in [2.05, 4.69) is 10.5 Å². The maximum Gasteiger partial charge on any atom is 0.255 e. The molecule has 1 aromatic carbocycles. The molecule has 0 fully saturated rings. The third-order valence-electron chi connectivity index (χ3n) is 3.27. The molecule has 1 heterocycles. The van der Waals surface area contributed by atoms with Crippen LogP contribution in [0.2, 0.25) is 0 Å². The van der Waals surface area contributed by atoms with E-state index in [1.54, 1.807) is 25.1 Å². The highest BCUT2D eigenvalue weighted by Gasteiger charge is 2.20. The van der Waals surface area contributed by atoms with E-state index in [4.69, 9.17) is 4.52 Å². The first-order chi connectivity index (χ1) is 9.40. The monoisotopic (exact) mass is 274 g/mol. The van der Waals surface area contributed by atoms with Crippen molar-refractivity contribution in [3.63, 3.8) is 0 Å². The van der Waals surface area contributed by atoms with Crippen LogP contribution in [0.1, 0.15) is 45.9 Å². The summed E-state index contributed by atoms with van der Waals surface area (Å²) in [6.45, 7) is 7.35. The second kappa shape index (κ2) is 5.36. The zero-order valence-electron chi connectivity index (χ0n) is 12.0. The lowest BCUT2D eigenvalue weighted by Crippen LogP contribution is -2.27. The summed E-state index contributed by atoms with van der Waals surface area (Å²) in [6.07, 6.45) is 0. The fourth-order valence-electron chi connectivity index (χ4n) is 2.29. The van der Waals surface area contributed by atoms with Gasteiger partial charge in [0.25, 0.3) is 5.91 Å². The molecular weight excluding hydrogens is 256 g/mol. The first-order valence-electron chi connectivity index (χ1n) is 6.43. The summed E-state index contributed by atoms with van der Waals surface area (Å²) in [7, 11) is 0. The molecular formula is C15H18N2O3. The third kappa shape index (κ3) is 2.66. The van der Waals surface area contributed by atoms with Crippen LogP contribution in [0.25, 0.3) is 0 Å². The molecule has 1 atom stereocenters. The topological polar surface area (TPSA) is 75.4 Å². The standard InChI is InChI=1S/C15H18N2O3/c1-8-5-6-12(13(18)7-8)15(19)16-9(2)14-10(3)17-20-11(14)4/h5-7,9,18H,1-4H3,(H,16,19). The Bertz CT molecular complexity index is 627. The summed E-state index contributed by atoms with van der Waals surface area (Å²) >= 11 is 0. The number of amides is 1. The molecule has 0 aliphatic carbocycles. The Balaban J connectivity index is 2.19. The second-order valence-corrected chi connectivity index (χ2v) is 4.95. The largest absolute Gasteiger partial charge is 0.507 e. The Hall–Kier alpha value is -2.30. The minimum Gasteiger partial charge on any atom is -0.507 e. The Morgan fingerprint density at radius 2 is 2.05 bits per heavy atom. The predicted octanol–water partition coefficient (Wildman–Crippen LogP) is 2.80. The summed E-state index contributed by atoms with van der Waals surface area (Å²) in [5.41, 5.74) is 2.78. The Labute approximate surface area is 117 Å². The Morgan fingerprint density at radius 3 is 2.60 bits per heavy atom. The van der Waals surface area contributed by atoms with Gasteiger partial charge in [-0.05, 0) is 45.4 Å². The van der Waals surface area contributed by atoms with Gasteiger partial charge in [-0.2, -0.15) is 0 Å². The maximum atomic E-state index is 12.2. The van der Waals surface area contributed by atoms with Crippen LogP contribution in [0.5, 0.6) is 5.75 Å². The lowest BCUT2D eigenvalue weighted by atomic mass is 10.1. The quantitative estimate of drug-likeness (QED) is 0.902. The molecule has 0 radical (unpaired) electrons. The van der Waals surface area contributed by atoms with Gasteiger partial charge in [0.15, 0.2) is 0 Å². The molecule has 2 rings (SSSR count). The van der Waals surface area contributed by atoms with Crippen molar-refractivity contribution in [2.75, 3.05) is 0 Å². The molecule has 5 heteroatoms. The molecule has 0 saturated heterocycles. The fraction of sp³-hybridized carbons (Fsp3) is 0.333. The van der Waals surface area contributed by atoms with E-state index in [0.29, 0.717) is 5.76 Å². The number of nitrogens with zero attached hydrogens (tertiary/aromatic N) is 1. The van der Waals surface area contributed by atoms with E-state index in [0.717, 1.165) is 16.8 Å². The fourth-order valence-corrected chi connectivity index (χ4v) is 2.29. The summed E-state index contributed by atoms with van der Waals surface area (Å²) in [5, 5.41) is 16.5. The third-order valence-corrected chi connectivity index (χ3v) is 3.27. The highest BCUT2D eigenvalue weighted by atomic mass is 16.5. The van der Waals surface area contributed by atoms with Crippen molar-refractivity contribution in [1.82, 2.24) is 10.5 Å². The average Bonchev–Trinajstić information content (AvgIpc) is 2.68. The van der Waals surface area contributed by atoms with Crippen molar-refractivity contribution in [1.29, 1.82) is 0 Å².